The molecule has 0 unspecified atom stereocenters. The Bertz CT molecular complexity index is 483. The molecule has 0 aliphatic rings. The third-order valence-electron chi connectivity index (χ3n) is 3.84. The van der Waals surface area contributed by atoms with E-state index in [9.17, 15) is 4.79 Å². The number of rotatable bonds is 6. The van der Waals surface area contributed by atoms with Gasteiger partial charge in [-0.15, -0.1) is 12.4 Å². The maximum atomic E-state index is 11.0. The van der Waals surface area contributed by atoms with Crippen LogP contribution < -0.4 is 0 Å². The molecule has 0 aromatic heterocycles. The average molecular weight is 328 g/mol. The minimum Gasteiger partial charge on any atom is -0.480 e. The molecule has 1 rings (SSSR count). The van der Waals surface area contributed by atoms with Crippen LogP contribution in [0.25, 0.3) is 0 Å². The smallest absolute Gasteiger partial charge is 0.317 e. The Balaban J connectivity index is 0.00000441. The fraction of sp³-hybridized carbons (Fsp3) is 0.611. The summed E-state index contributed by atoms with van der Waals surface area (Å²) in [5.74, 6) is -0.759. The van der Waals surface area contributed by atoms with E-state index >= 15 is 0 Å². The van der Waals surface area contributed by atoms with Crippen molar-refractivity contribution in [3.05, 3.63) is 34.4 Å². The van der Waals surface area contributed by atoms with Gasteiger partial charge in [-0.2, -0.15) is 0 Å². The maximum absolute atomic E-state index is 11.0. The first-order chi connectivity index (χ1) is 9.65. The number of halogens is 1. The number of nitrogens with zero attached hydrogens (tertiary/aromatic N) is 1. The van der Waals surface area contributed by atoms with Gasteiger partial charge in [-0.1, -0.05) is 39.8 Å². The third-order valence-corrected chi connectivity index (χ3v) is 3.84. The Morgan fingerprint density at radius 1 is 1.18 bits per heavy atom. The van der Waals surface area contributed by atoms with Gasteiger partial charge in [0, 0.05) is 6.54 Å². The Kier molecular flexibility index (Phi) is 8.13. The van der Waals surface area contributed by atoms with Crippen molar-refractivity contribution in [2.45, 2.75) is 59.9 Å². The summed E-state index contributed by atoms with van der Waals surface area (Å²) in [6.07, 6.45) is 0.964. The normalized spacial score (nSPS) is 11.4. The minimum absolute atomic E-state index is 0. The lowest BCUT2D eigenvalue weighted by atomic mass is 9.83. The molecule has 1 N–H and O–H groups in total. The molecule has 0 saturated carbocycles. The van der Waals surface area contributed by atoms with E-state index in [0.29, 0.717) is 6.54 Å². The number of hydrogen-bond donors (Lipinski definition) is 1. The van der Waals surface area contributed by atoms with Crippen molar-refractivity contribution in [3.8, 4) is 0 Å². The van der Waals surface area contributed by atoms with E-state index in [4.69, 9.17) is 5.11 Å². The number of carboxylic acid groups (broad SMARTS) is 1. The summed E-state index contributed by atoms with van der Waals surface area (Å²) in [7, 11) is 0. The Morgan fingerprint density at radius 3 is 2.05 bits per heavy atom. The van der Waals surface area contributed by atoms with Crippen LogP contribution in [0.2, 0.25) is 0 Å². The van der Waals surface area contributed by atoms with Crippen LogP contribution in [0, 0.1) is 13.8 Å². The van der Waals surface area contributed by atoms with Crippen LogP contribution in [0.1, 0.15) is 56.4 Å². The Morgan fingerprint density at radius 2 is 1.68 bits per heavy atom. The van der Waals surface area contributed by atoms with Crippen molar-refractivity contribution in [1.29, 1.82) is 0 Å². The number of hydrogen-bond acceptors (Lipinski definition) is 2. The third kappa shape index (κ3) is 5.98. The summed E-state index contributed by atoms with van der Waals surface area (Å²) >= 11 is 0. The second-order valence-corrected chi connectivity index (χ2v) is 6.94. The summed E-state index contributed by atoms with van der Waals surface area (Å²) < 4.78 is 0. The van der Waals surface area contributed by atoms with Gasteiger partial charge in [0.2, 0.25) is 0 Å². The molecule has 0 fully saturated rings. The van der Waals surface area contributed by atoms with Crippen molar-refractivity contribution in [3.63, 3.8) is 0 Å². The first-order valence-corrected chi connectivity index (χ1v) is 7.70. The van der Waals surface area contributed by atoms with Gasteiger partial charge in [-0.05, 0) is 54.5 Å². The molecule has 22 heavy (non-hydrogen) atoms. The van der Waals surface area contributed by atoms with E-state index in [-0.39, 0.29) is 24.4 Å². The zero-order valence-electron chi connectivity index (χ0n) is 14.7. The van der Waals surface area contributed by atoms with Gasteiger partial charge in [0.05, 0.1) is 6.54 Å². The van der Waals surface area contributed by atoms with Gasteiger partial charge in [0.15, 0.2) is 0 Å². The molecule has 0 aliphatic carbocycles. The highest BCUT2D eigenvalue weighted by atomic mass is 35.5. The van der Waals surface area contributed by atoms with Crippen LogP contribution in [0.15, 0.2) is 12.1 Å². The Hall–Kier alpha value is -1.06. The predicted octanol–water partition coefficient (Wildman–Crippen LogP) is 4.32. The molecule has 4 heteroatoms. The lowest BCUT2D eigenvalue weighted by Crippen LogP contribution is -2.30. The van der Waals surface area contributed by atoms with Gasteiger partial charge in [0.1, 0.15) is 0 Å². The van der Waals surface area contributed by atoms with Gasteiger partial charge >= 0.3 is 5.97 Å². The molecule has 0 heterocycles. The maximum Gasteiger partial charge on any atom is 0.317 e. The van der Waals surface area contributed by atoms with Gasteiger partial charge in [0.25, 0.3) is 0 Å². The average Bonchev–Trinajstić information content (AvgIpc) is 2.31. The second-order valence-electron chi connectivity index (χ2n) is 6.94. The molecule has 0 saturated heterocycles. The quantitative estimate of drug-likeness (QED) is 0.846. The van der Waals surface area contributed by atoms with Crippen LogP contribution in [0.4, 0.5) is 0 Å². The summed E-state index contributed by atoms with van der Waals surface area (Å²) in [6, 6.07) is 4.49. The van der Waals surface area contributed by atoms with Crippen LogP contribution in [0.5, 0.6) is 0 Å². The van der Waals surface area contributed by atoms with E-state index < -0.39 is 5.97 Å². The standard InChI is InChI=1S/C18H29NO2.ClH/c1-7-8-19(12-17(20)21)11-16-13(2)9-15(10-14(16)3)18(4,5)6;/h9-10H,7-8,11-12H2,1-6H3,(H,20,21);1H. The highest BCUT2D eigenvalue weighted by Gasteiger charge is 2.18. The molecule has 0 aliphatic heterocycles. The van der Waals surface area contributed by atoms with Crippen LogP contribution in [-0.2, 0) is 16.8 Å². The predicted molar refractivity (Wildman–Crippen MR) is 95.1 cm³/mol. The summed E-state index contributed by atoms with van der Waals surface area (Å²) in [4.78, 5) is 13.0. The molecule has 0 atom stereocenters. The van der Waals surface area contributed by atoms with E-state index in [1.54, 1.807) is 0 Å². The molecule has 0 spiro atoms. The zero-order chi connectivity index (χ0) is 16.2. The lowest BCUT2D eigenvalue weighted by molar-refractivity contribution is -0.138. The van der Waals surface area contributed by atoms with Crippen LogP contribution >= 0.6 is 12.4 Å². The monoisotopic (exact) mass is 327 g/mol. The van der Waals surface area contributed by atoms with Crippen LogP contribution in [-0.4, -0.2) is 29.1 Å². The van der Waals surface area contributed by atoms with Crippen molar-refractivity contribution >= 4 is 18.4 Å². The van der Waals surface area contributed by atoms with Gasteiger partial charge in [-0.25, -0.2) is 0 Å². The molecular weight excluding hydrogens is 298 g/mol. The summed E-state index contributed by atoms with van der Waals surface area (Å²) in [6.45, 7) is 14.6. The highest BCUT2D eigenvalue weighted by molar-refractivity contribution is 5.85. The first kappa shape index (κ1) is 20.9. The highest BCUT2D eigenvalue weighted by Crippen LogP contribution is 2.27. The van der Waals surface area contributed by atoms with Crippen molar-refractivity contribution in [1.82, 2.24) is 4.90 Å². The van der Waals surface area contributed by atoms with Crippen molar-refractivity contribution in [2.75, 3.05) is 13.1 Å². The number of benzene rings is 1. The van der Waals surface area contributed by atoms with Gasteiger partial charge in [-0.3, -0.25) is 9.69 Å². The first-order valence-electron chi connectivity index (χ1n) is 7.70. The topological polar surface area (TPSA) is 40.5 Å². The Labute approximate surface area is 141 Å². The molecule has 0 bridgehead atoms. The molecule has 3 nitrogen and oxygen atoms in total. The number of aliphatic carboxylic acids is 1. The summed E-state index contributed by atoms with van der Waals surface area (Å²) in [5.41, 5.74) is 5.25. The number of carboxylic acids is 1. The zero-order valence-corrected chi connectivity index (χ0v) is 15.5. The van der Waals surface area contributed by atoms with E-state index in [2.05, 4.69) is 53.7 Å². The van der Waals surface area contributed by atoms with E-state index in [1.165, 1.54) is 22.3 Å². The molecule has 1 aromatic rings. The molecule has 0 radical (unpaired) electrons. The lowest BCUT2D eigenvalue weighted by Gasteiger charge is -2.25. The van der Waals surface area contributed by atoms with Gasteiger partial charge < -0.3 is 5.11 Å². The minimum atomic E-state index is -0.759. The molecule has 126 valence electrons. The SMILES string of the molecule is CCCN(CC(=O)O)Cc1c(C)cc(C(C)(C)C)cc1C.Cl. The van der Waals surface area contributed by atoms with Crippen molar-refractivity contribution < 1.29 is 9.90 Å². The largest absolute Gasteiger partial charge is 0.480 e. The van der Waals surface area contributed by atoms with Crippen molar-refractivity contribution in [2.24, 2.45) is 0 Å². The summed E-state index contributed by atoms with van der Waals surface area (Å²) in [5, 5.41) is 9.04. The molecular formula is C18H30ClNO2. The van der Waals surface area contributed by atoms with E-state index in [0.717, 1.165) is 13.0 Å². The number of aryl methyl sites for hydroxylation is 2. The molecule has 0 amide bonds. The van der Waals surface area contributed by atoms with E-state index in [1.807, 2.05) is 4.90 Å². The fourth-order valence-electron chi connectivity index (χ4n) is 2.62. The number of carbonyl (C=O) groups is 1. The molecule has 1 aromatic carbocycles. The second kappa shape index (κ2) is 8.54. The fourth-order valence-corrected chi connectivity index (χ4v) is 2.62. The van der Waals surface area contributed by atoms with Crippen LogP contribution in [0.3, 0.4) is 0 Å².